The summed E-state index contributed by atoms with van der Waals surface area (Å²) in [4.78, 5) is 28.7. The van der Waals surface area contributed by atoms with Gasteiger partial charge in [0.25, 0.3) is 0 Å². The van der Waals surface area contributed by atoms with Gasteiger partial charge < -0.3 is 25.0 Å². The number of nitrogens with one attached hydrogen (secondary N) is 1. The van der Waals surface area contributed by atoms with Crippen LogP contribution in [-0.4, -0.2) is 62.2 Å². The maximum Gasteiger partial charge on any atom is 0.337 e. The third-order valence-corrected chi connectivity index (χ3v) is 5.12. The molecule has 7 nitrogen and oxygen atoms in total. The zero-order valence-corrected chi connectivity index (χ0v) is 16.9. The van der Waals surface area contributed by atoms with Crippen LogP contribution in [-0.2, 0) is 11.2 Å². The van der Waals surface area contributed by atoms with Gasteiger partial charge in [-0.05, 0) is 55.9 Å². The molecule has 0 aromatic heterocycles. The summed E-state index contributed by atoms with van der Waals surface area (Å²) in [6, 6.07) is 12.4. The van der Waals surface area contributed by atoms with E-state index in [9.17, 15) is 14.7 Å². The van der Waals surface area contributed by atoms with Crippen molar-refractivity contribution in [2.45, 2.75) is 12.8 Å². The van der Waals surface area contributed by atoms with Crippen molar-refractivity contribution in [1.82, 2.24) is 4.90 Å². The van der Waals surface area contributed by atoms with Gasteiger partial charge in [-0.25, -0.2) is 4.79 Å². The van der Waals surface area contributed by atoms with E-state index < -0.39 is 5.97 Å². The van der Waals surface area contributed by atoms with E-state index in [-0.39, 0.29) is 17.9 Å². The van der Waals surface area contributed by atoms with Gasteiger partial charge in [0.05, 0.1) is 24.8 Å². The van der Waals surface area contributed by atoms with E-state index in [4.69, 9.17) is 4.74 Å². The highest BCUT2D eigenvalue weighted by molar-refractivity contribution is 6.01. The standard InChI is InChI=1S/C22H27N3O4/c1-24-10-3-11-25(13-12-24)17-6-9-20(19(15-17)22(27)28)23-21(26)14-16-4-7-18(29-2)8-5-16/h4-9,15H,3,10-14H2,1-2H3,(H,23,26)(H,27,28). The number of hydrogen-bond donors (Lipinski definition) is 2. The predicted molar refractivity (Wildman–Crippen MR) is 113 cm³/mol. The minimum atomic E-state index is -1.06. The number of anilines is 2. The molecule has 2 aromatic rings. The Hall–Kier alpha value is -3.06. The fraction of sp³-hybridized carbons (Fsp3) is 0.364. The maximum absolute atomic E-state index is 12.4. The normalized spacial score (nSPS) is 14.9. The van der Waals surface area contributed by atoms with Gasteiger partial charge in [-0.1, -0.05) is 12.1 Å². The number of carboxylic acid groups (broad SMARTS) is 1. The molecule has 1 heterocycles. The van der Waals surface area contributed by atoms with Crippen molar-refractivity contribution in [2.24, 2.45) is 0 Å². The number of aromatic carboxylic acids is 1. The van der Waals surface area contributed by atoms with Gasteiger partial charge in [-0.2, -0.15) is 0 Å². The van der Waals surface area contributed by atoms with Crippen molar-refractivity contribution in [3.8, 4) is 5.75 Å². The molecule has 0 bridgehead atoms. The molecule has 2 aromatic carbocycles. The molecule has 1 saturated heterocycles. The zero-order valence-electron chi connectivity index (χ0n) is 16.9. The summed E-state index contributed by atoms with van der Waals surface area (Å²) >= 11 is 0. The van der Waals surface area contributed by atoms with Gasteiger partial charge in [-0.3, -0.25) is 4.79 Å². The van der Waals surface area contributed by atoms with Gasteiger partial charge in [0.1, 0.15) is 5.75 Å². The number of benzene rings is 2. The number of carbonyl (C=O) groups is 2. The summed E-state index contributed by atoms with van der Waals surface area (Å²) in [5.74, 6) is -0.599. The van der Waals surface area contributed by atoms with Crippen molar-refractivity contribution in [3.63, 3.8) is 0 Å². The van der Waals surface area contributed by atoms with Crippen LogP contribution in [0.5, 0.6) is 5.75 Å². The second-order valence-electron chi connectivity index (χ2n) is 7.25. The van der Waals surface area contributed by atoms with Crippen molar-refractivity contribution in [1.29, 1.82) is 0 Å². The van der Waals surface area contributed by atoms with Gasteiger partial charge in [-0.15, -0.1) is 0 Å². The fourth-order valence-corrected chi connectivity index (χ4v) is 3.44. The Labute approximate surface area is 170 Å². The number of methoxy groups -OCH3 is 1. The van der Waals surface area contributed by atoms with E-state index in [0.29, 0.717) is 5.69 Å². The Balaban J connectivity index is 1.72. The van der Waals surface area contributed by atoms with E-state index in [1.807, 2.05) is 18.2 Å². The quantitative estimate of drug-likeness (QED) is 0.780. The number of amides is 1. The minimum Gasteiger partial charge on any atom is -0.497 e. The molecule has 0 spiro atoms. The molecule has 0 unspecified atom stereocenters. The summed E-state index contributed by atoms with van der Waals surface area (Å²) in [6.45, 7) is 3.69. The third-order valence-electron chi connectivity index (χ3n) is 5.12. The average molecular weight is 397 g/mol. The number of carboxylic acids is 1. The Bertz CT molecular complexity index is 867. The predicted octanol–water partition coefficient (Wildman–Crippen LogP) is 2.72. The molecule has 29 heavy (non-hydrogen) atoms. The molecule has 1 aliphatic heterocycles. The number of carbonyl (C=O) groups excluding carboxylic acids is 1. The molecule has 0 aliphatic carbocycles. The molecule has 1 fully saturated rings. The molecule has 0 atom stereocenters. The summed E-state index contributed by atoms with van der Waals surface area (Å²) in [7, 11) is 3.68. The lowest BCUT2D eigenvalue weighted by Gasteiger charge is -2.24. The number of ether oxygens (including phenoxy) is 1. The van der Waals surface area contributed by atoms with Crippen LogP contribution in [0.15, 0.2) is 42.5 Å². The van der Waals surface area contributed by atoms with Crippen LogP contribution in [0.25, 0.3) is 0 Å². The first-order valence-corrected chi connectivity index (χ1v) is 9.70. The SMILES string of the molecule is COc1ccc(CC(=O)Nc2ccc(N3CCCN(C)CC3)cc2C(=O)O)cc1. The highest BCUT2D eigenvalue weighted by Crippen LogP contribution is 2.25. The van der Waals surface area contributed by atoms with Gasteiger partial charge >= 0.3 is 5.97 Å². The van der Waals surface area contributed by atoms with E-state index in [2.05, 4.69) is 22.2 Å². The first-order valence-electron chi connectivity index (χ1n) is 9.70. The monoisotopic (exact) mass is 397 g/mol. The van der Waals surface area contributed by atoms with Gasteiger partial charge in [0.15, 0.2) is 0 Å². The maximum atomic E-state index is 12.4. The largest absolute Gasteiger partial charge is 0.497 e. The molecule has 3 rings (SSSR count). The minimum absolute atomic E-state index is 0.100. The van der Waals surface area contributed by atoms with Crippen LogP contribution in [0.1, 0.15) is 22.3 Å². The van der Waals surface area contributed by atoms with Crippen molar-refractivity contribution < 1.29 is 19.4 Å². The van der Waals surface area contributed by atoms with E-state index in [0.717, 1.165) is 49.6 Å². The molecule has 2 N–H and O–H groups in total. The van der Waals surface area contributed by atoms with Crippen molar-refractivity contribution in [3.05, 3.63) is 53.6 Å². The first kappa shape index (κ1) is 20.7. The highest BCUT2D eigenvalue weighted by Gasteiger charge is 2.18. The van der Waals surface area contributed by atoms with Gasteiger partial charge in [0.2, 0.25) is 5.91 Å². The summed E-state index contributed by atoms with van der Waals surface area (Å²) in [5, 5.41) is 12.4. The second-order valence-corrected chi connectivity index (χ2v) is 7.25. The van der Waals surface area contributed by atoms with Crippen LogP contribution < -0.4 is 15.0 Å². The van der Waals surface area contributed by atoms with E-state index >= 15 is 0 Å². The molecule has 0 radical (unpaired) electrons. The Morgan fingerprint density at radius 2 is 1.83 bits per heavy atom. The van der Waals surface area contributed by atoms with Crippen LogP contribution in [0.4, 0.5) is 11.4 Å². The molecule has 0 saturated carbocycles. The number of rotatable bonds is 6. The first-order chi connectivity index (χ1) is 14.0. The van der Waals surface area contributed by atoms with Crippen LogP contribution in [0.2, 0.25) is 0 Å². The highest BCUT2D eigenvalue weighted by atomic mass is 16.5. The van der Waals surface area contributed by atoms with Crippen molar-refractivity contribution >= 4 is 23.3 Å². The fourth-order valence-electron chi connectivity index (χ4n) is 3.44. The summed E-state index contributed by atoms with van der Waals surface area (Å²) in [6.07, 6.45) is 1.18. The number of likely N-dealkylation sites (N-methyl/N-ethyl adjacent to an activating group) is 1. The topological polar surface area (TPSA) is 82.1 Å². The Morgan fingerprint density at radius 1 is 1.07 bits per heavy atom. The van der Waals surface area contributed by atoms with Crippen LogP contribution in [0, 0.1) is 0 Å². The molecule has 154 valence electrons. The molecule has 1 amide bonds. The summed E-state index contributed by atoms with van der Waals surface area (Å²) < 4.78 is 5.11. The van der Waals surface area contributed by atoms with E-state index in [1.165, 1.54) is 0 Å². The van der Waals surface area contributed by atoms with Crippen LogP contribution in [0.3, 0.4) is 0 Å². The lowest BCUT2D eigenvalue weighted by molar-refractivity contribution is -0.115. The third kappa shape index (κ3) is 5.48. The number of nitrogens with zero attached hydrogens (tertiary/aromatic N) is 2. The van der Waals surface area contributed by atoms with E-state index in [1.54, 1.807) is 31.4 Å². The van der Waals surface area contributed by atoms with Gasteiger partial charge in [0, 0.05) is 25.3 Å². The molecule has 1 aliphatic rings. The summed E-state index contributed by atoms with van der Waals surface area (Å²) in [5.41, 5.74) is 2.10. The molecular formula is C22H27N3O4. The number of hydrogen-bond acceptors (Lipinski definition) is 5. The molecule has 7 heteroatoms. The average Bonchev–Trinajstić information content (AvgIpc) is 2.93. The van der Waals surface area contributed by atoms with Crippen LogP contribution >= 0.6 is 0 Å². The lowest BCUT2D eigenvalue weighted by Crippen LogP contribution is -2.29. The second kappa shape index (κ2) is 9.43. The Kier molecular flexibility index (Phi) is 6.72. The molecular weight excluding hydrogens is 370 g/mol. The zero-order chi connectivity index (χ0) is 20.8. The lowest BCUT2D eigenvalue weighted by atomic mass is 10.1. The smallest absolute Gasteiger partial charge is 0.337 e. The Morgan fingerprint density at radius 3 is 2.52 bits per heavy atom. The van der Waals surface area contributed by atoms with Crippen molar-refractivity contribution in [2.75, 3.05) is 50.6 Å².